The molecule has 1 amide bonds. The number of amides is 1. The summed E-state index contributed by atoms with van der Waals surface area (Å²) in [5.41, 5.74) is 2.47. The zero-order valence-corrected chi connectivity index (χ0v) is 21.0. The van der Waals surface area contributed by atoms with Crippen molar-refractivity contribution in [1.82, 2.24) is 14.8 Å². The third-order valence-corrected chi connectivity index (χ3v) is 6.19. The third-order valence-electron chi connectivity index (χ3n) is 5.02. The van der Waals surface area contributed by atoms with Gasteiger partial charge in [0.25, 0.3) is 0 Å². The van der Waals surface area contributed by atoms with E-state index < -0.39 is 0 Å². The maximum atomic E-state index is 12.7. The normalized spacial score (nSPS) is 10.7. The molecule has 1 aromatic heterocycles. The van der Waals surface area contributed by atoms with Gasteiger partial charge in [0.1, 0.15) is 18.1 Å². The molecule has 3 aromatic carbocycles. The van der Waals surface area contributed by atoms with Crippen molar-refractivity contribution in [3.8, 4) is 17.2 Å². The van der Waals surface area contributed by atoms with Gasteiger partial charge in [-0.3, -0.25) is 9.36 Å². The van der Waals surface area contributed by atoms with Crippen LogP contribution < -0.4 is 14.8 Å². The first-order valence-electron chi connectivity index (χ1n) is 11.1. The fourth-order valence-electron chi connectivity index (χ4n) is 3.31. The van der Waals surface area contributed by atoms with Gasteiger partial charge in [-0.05, 0) is 67.9 Å². The van der Waals surface area contributed by atoms with Crippen molar-refractivity contribution >= 4 is 35.0 Å². The number of carbonyl (C=O) groups is 1. The number of aromatic nitrogens is 3. The van der Waals surface area contributed by atoms with E-state index in [0.717, 1.165) is 22.7 Å². The highest BCUT2D eigenvalue weighted by Crippen LogP contribution is 2.26. The summed E-state index contributed by atoms with van der Waals surface area (Å²) < 4.78 is 13.4. The number of nitrogens with zero attached hydrogens (tertiary/aromatic N) is 3. The van der Waals surface area contributed by atoms with Crippen molar-refractivity contribution in [2.45, 2.75) is 25.6 Å². The lowest BCUT2D eigenvalue weighted by molar-refractivity contribution is -0.113. The number of hydrogen-bond donors (Lipinski definition) is 1. The quantitative estimate of drug-likeness (QED) is 0.267. The van der Waals surface area contributed by atoms with Gasteiger partial charge in [0.15, 0.2) is 11.0 Å². The van der Waals surface area contributed by atoms with Crippen LogP contribution in [0, 0.1) is 6.92 Å². The number of para-hydroxylation sites is 1. The molecule has 9 heteroatoms. The van der Waals surface area contributed by atoms with Crippen LogP contribution in [0.1, 0.15) is 18.3 Å². The van der Waals surface area contributed by atoms with Gasteiger partial charge in [-0.2, -0.15) is 0 Å². The average Bonchev–Trinajstić information content (AvgIpc) is 3.28. The lowest BCUT2D eigenvalue weighted by atomic mass is 10.2. The van der Waals surface area contributed by atoms with E-state index in [1.807, 2.05) is 79.1 Å². The Kier molecular flexibility index (Phi) is 8.28. The van der Waals surface area contributed by atoms with Crippen molar-refractivity contribution < 1.29 is 14.3 Å². The molecule has 0 saturated heterocycles. The zero-order valence-electron chi connectivity index (χ0n) is 19.4. The first-order chi connectivity index (χ1) is 17.0. The Balaban J connectivity index is 1.53. The number of benzene rings is 3. The summed E-state index contributed by atoms with van der Waals surface area (Å²) in [5, 5.41) is 12.7. The Morgan fingerprint density at radius 1 is 1.00 bits per heavy atom. The molecule has 0 aliphatic rings. The number of anilines is 1. The van der Waals surface area contributed by atoms with Crippen molar-refractivity contribution in [2.24, 2.45) is 0 Å². The first kappa shape index (κ1) is 24.6. The van der Waals surface area contributed by atoms with Crippen LogP contribution >= 0.6 is 23.4 Å². The fraction of sp³-hybridized carbons (Fsp3) is 0.192. The molecule has 35 heavy (non-hydrogen) atoms. The molecule has 0 radical (unpaired) electrons. The number of rotatable bonds is 10. The molecule has 0 fully saturated rings. The second-order valence-corrected chi connectivity index (χ2v) is 8.94. The predicted molar refractivity (Wildman–Crippen MR) is 139 cm³/mol. The highest BCUT2D eigenvalue weighted by molar-refractivity contribution is 7.99. The Morgan fingerprint density at radius 2 is 1.74 bits per heavy atom. The van der Waals surface area contributed by atoms with Gasteiger partial charge in [-0.25, -0.2) is 0 Å². The van der Waals surface area contributed by atoms with Crippen LogP contribution in [0.25, 0.3) is 5.69 Å². The molecule has 4 aromatic rings. The minimum atomic E-state index is -0.163. The highest BCUT2D eigenvalue weighted by atomic mass is 35.5. The first-order valence-corrected chi connectivity index (χ1v) is 12.4. The number of hydrogen-bond acceptors (Lipinski definition) is 6. The van der Waals surface area contributed by atoms with Crippen molar-refractivity contribution in [1.29, 1.82) is 0 Å². The molecule has 0 aliphatic heterocycles. The highest BCUT2D eigenvalue weighted by Gasteiger charge is 2.17. The van der Waals surface area contributed by atoms with E-state index in [9.17, 15) is 4.79 Å². The van der Waals surface area contributed by atoms with Crippen molar-refractivity contribution in [3.05, 3.63) is 89.2 Å². The molecule has 0 atom stereocenters. The molecule has 0 saturated carbocycles. The Bertz CT molecular complexity index is 1280. The number of carbonyl (C=O) groups excluding carboxylic acids is 1. The summed E-state index contributed by atoms with van der Waals surface area (Å²) in [5.74, 6) is 2.12. The Morgan fingerprint density at radius 3 is 2.49 bits per heavy atom. The molecule has 0 bridgehead atoms. The SMILES string of the molecule is CCOc1ccc(-n2c(COc3ccccc3)nnc2SCC(=O)Nc2cc(Cl)ccc2C)cc1. The van der Waals surface area contributed by atoms with E-state index in [4.69, 9.17) is 21.1 Å². The molecule has 0 aliphatic carbocycles. The monoisotopic (exact) mass is 508 g/mol. The molecule has 1 N–H and O–H groups in total. The van der Waals surface area contributed by atoms with Gasteiger partial charge >= 0.3 is 0 Å². The van der Waals surface area contributed by atoms with Gasteiger partial charge in [0.05, 0.1) is 12.4 Å². The van der Waals surface area contributed by atoms with Gasteiger partial charge in [0.2, 0.25) is 5.91 Å². The van der Waals surface area contributed by atoms with Gasteiger partial charge in [-0.15, -0.1) is 10.2 Å². The van der Waals surface area contributed by atoms with E-state index in [1.165, 1.54) is 11.8 Å². The Labute approximate surface area is 213 Å². The maximum absolute atomic E-state index is 12.7. The van der Waals surface area contributed by atoms with Crippen molar-refractivity contribution in [3.63, 3.8) is 0 Å². The molecule has 1 heterocycles. The molecule has 0 unspecified atom stereocenters. The van der Waals surface area contributed by atoms with Crippen LogP contribution in [-0.2, 0) is 11.4 Å². The van der Waals surface area contributed by atoms with E-state index in [1.54, 1.807) is 12.1 Å². The van der Waals surface area contributed by atoms with Crippen LogP contribution in [0.2, 0.25) is 5.02 Å². The van der Waals surface area contributed by atoms with E-state index in [0.29, 0.717) is 28.3 Å². The van der Waals surface area contributed by atoms with E-state index in [-0.39, 0.29) is 18.3 Å². The summed E-state index contributed by atoms with van der Waals surface area (Å²) >= 11 is 7.36. The number of ether oxygens (including phenoxy) is 2. The summed E-state index contributed by atoms with van der Waals surface area (Å²) in [7, 11) is 0. The Hall–Kier alpha value is -3.49. The second kappa shape index (κ2) is 11.8. The zero-order chi connectivity index (χ0) is 24.6. The summed E-state index contributed by atoms with van der Waals surface area (Å²) in [6, 6.07) is 22.6. The average molecular weight is 509 g/mol. The smallest absolute Gasteiger partial charge is 0.234 e. The standard InChI is InChI=1S/C26H25ClN4O3S/c1-3-33-22-13-11-20(12-14-22)31-24(16-34-21-7-5-4-6-8-21)29-30-26(31)35-17-25(32)28-23-15-19(27)10-9-18(23)2/h4-15H,3,16-17H2,1-2H3,(H,28,32). The van der Waals surface area contributed by atoms with Gasteiger partial charge in [0, 0.05) is 16.4 Å². The molecular weight excluding hydrogens is 484 g/mol. The summed E-state index contributed by atoms with van der Waals surface area (Å²) in [6.45, 7) is 4.67. The largest absolute Gasteiger partial charge is 0.494 e. The van der Waals surface area contributed by atoms with Crippen LogP contribution in [0.15, 0.2) is 78.0 Å². The summed E-state index contributed by atoms with van der Waals surface area (Å²) in [4.78, 5) is 12.7. The topological polar surface area (TPSA) is 78.3 Å². The van der Waals surface area contributed by atoms with E-state index >= 15 is 0 Å². The molecule has 0 spiro atoms. The summed E-state index contributed by atoms with van der Waals surface area (Å²) in [6.07, 6.45) is 0. The minimum Gasteiger partial charge on any atom is -0.494 e. The van der Waals surface area contributed by atoms with Crippen LogP contribution in [-0.4, -0.2) is 33.0 Å². The fourth-order valence-corrected chi connectivity index (χ4v) is 4.26. The van der Waals surface area contributed by atoms with Crippen LogP contribution in [0.4, 0.5) is 5.69 Å². The molecule has 7 nitrogen and oxygen atoms in total. The van der Waals surface area contributed by atoms with Crippen LogP contribution in [0.3, 0.4) is 0 Å². The van der Waals surface area contributed by atoms with Crippen LogP contribution in [0.5, 0.6) is 11.5 Å². The van der Waals surface area contributed by atoms with E-state index in [2.05, 4.69) is 15.5 Å². The third kappa shape index (κ3) is 6.55. The molecular formula is C26H25ClN4O3S. The number of aryl methyl sites for hydroxylation is 1. The van der Waals surface area contributed by atoms with Gasteiger partial charge in [-0.1, -0.05) is 47.6 Å². The van der Waals surface area contributed by atoms with Crippen molar-refractivity contribution in [2.75, 3.05) is 17.7 Å². The second-order valence-electron chi connectivity index (χ2n) is 7.56. The lowest BCUT2D eigenvalue weighted by Crippen LogP contribution is -2.15. The molecule has 4 rings (SSSR count). The number of nitrogens with one attached hydrogen (secondary N) is 1. The lowest BCUT2D eigenvalue weighted by Gasteiger charge is -2.12. The maximum Gasteiger partial charge on any atom is 0.234 e. The predicted octanol–water partition coefficient (Wildman–Crippen LogP) is 5.94. The molecule has 180 valence electrons. The van der Waals surface area contributed by atoms with Gasteiger partial charge < -0.3 is 14.8 Å². The number of halogens is 1. The number of thioether (sulfide) groups is 1. The minimum absolute atomic E-state index is 0.153.